The molecule has 0 aliphatic heterocycles. The molecule has 0 aliphatic rings. The molecule has 0 bridgehead atoms. The highest BCUT2D eigenvalue weighted by Crippen LogP contribution is 2.12. The van der Waals surface area contributed by atoms with Crippen LogP contribution in [0.15, 0.2) is 29.1 Å². The second-order valence-corrected chi connectivity index (χ2v) is 4.37. The molecule has 2 heterocycles. The number of aromatic nitrogens is 2. The van der Waals surface area contributed by atoms with Crippen molar-refractivity contribution in [1.29, 1.82) is 0 Å². The lowest BCUT2D eigenvalue weighted by Crippen LogP contribution is -2.20. The number of rotatable bonds is 5. The Labute approximate surface area is 110 Å². The molecule has 6 nitrogen and oxygen atoms in total. The number of nitrogens with zero attached hydrogens (tertiary/aromatic N) is 3. The predicted molar refractivity (Wildman–Crippen MR) is 67.6 cm³/mol. The molecule has 1 N–H and O–H groups in total. The Morgan fingerprint density at radius 3 is 2.84 bits per heavy atom. The van der Waals surface area contributed by atoms with Gasteiger partial charge in [-0.3, -0.25) is 4.90 Å². The van der Waals surface area contributed by atoms with Gasteiger partial charge in [0.1, 0.15) is 23.4 Å². The minimum Gasteiger partial charge on any atom is -0.478 e. The third kappa shape index (κ3) is 3.38. The van der Waals surface area contributed by atoms with E-state index < -0.39 is 5.97 Å². The Kier molecular flexibility index (Phi) is 3.91. The average Bonchev–Trinajstić information content (AvgIpc) is 2.75. The van der Waals surface area contributed by atoms with Crippen molar-refractivity contribution in [3.63, 3.8) is 0 Å². The van der Waals surface area contributed by atoms with E-state index in [2.05, 4.69) is 9.97 Å². The summed E-state index contributed by atoms with van der Waals surface area (Å²) in [7, 11) is 1.88. The summed E-state index contributed by atoms with van der Waals surface area (Å²) in [4.78, 5) is 20.7. The average molecular weight is 261 g/mol. The monoisotopic (exact) mass is 261 g/mol. The maximum Gasteiger partial charge on any atom is 0.339 e. The lowest BCUT2D eigenvalue weighted by atomic mass is 10.2. The molecule has 6 heteroatoms. The van der Waals surface area contributed by atoms with Crippen molar-refractivity contribution in [3.8, 4) is 0 Å². The standard InChI is InChI=1S/C13H15N3O3/c1-9-3-4-10(19-9)6-16(2)7-12-11(13(17)18)5-14-8-15-12/h3-5,8H,6-7H2,1-2H3,(H,17,18). The molecule has 0 radical (unpaired) electrons. The van der Waals surface area contributed by atoms with Crippen LogP contribution >= 0.6 is 0 Å². The largest absolute Gasteiger partial charge is 0.478 e. The van der Waals surface area contributed by atoms with Crippen LogP contribution < -0.4 is 0 Å². The van der Waals surface area contributed by atoms with Crippen molar-refractivity contribution in [3.05, 3.63) is 47.4 Å². The zero-order chi connectivity index (χ0) is 13.8. The highest BCUT2D eigenvalue weighted by atomic mass is 16.4. The number of carboxylic acid groups (broad SMARTS) is 1. The van der Waals surface area contributed by atoms with Crippen LogP contribution in [0.25, 0.3) is 0 Å². The van der Waals surface area contributed by atoms with Gasteiger partial charge in [0.15, 0.2) is 0 Å². The Morgan fingerprint density at radius 1 is 1.42 bits per heavy atom. The summed E-state index contributed by atoms with van der Waals surface area (Å²) in [5.41, 5.74) is 0.623. The molecule has 100 valence electrons. The zero-order valence-electron chi connectivity index (χ0n) is 10.8. The normalized spacial score (nSPS) is 10.9. The maximum absolute atomic E-state index is 11.0. The van der Waals surface area contributed by atoms with Gasteiger partial charge in [-0.25, -0.2) is 14.8 Å². The van der Waals surface area contributed by atoms with Gasteiger partial charge in [-0.15, -0.1) is 0 Å². The van der Waals surface area contributed by atoms with Gasteiger partial charge >= 0.3 is 5.97 Å². The van der Waals surface area contributed by atoms with E-state index in [9.17, 15) is 4.79 Å². The Hall–Kier alpha value is -2.21. The summed E-state index contributed by atoms with van der Waals surface area (Å²) in [6, 6.07) is 3.81. The number of furan rings is 1. The number of aromatic carboxylic acids is 1. The van der Waals surface area contributed by atoms with Crippen molar-refractivity contribution in [2.75, 3.05) is 7.05 Å². The van der Waals surface area contributed by atoms with Crippen LogP contribution in [0.2, 0.25) is 0 Å². The van der Waals surface area contributed by atoms with Gasteiger partial charge in [0, 0.05) is 12.7 Å². The molecule has 0 saturated carbocycles. The zero-order valence-corrected chi connectivity index (χ0v) is 10.8. The van der Waals surface area contributed by atoms with Crippen LogP contribution in [-0.4, -0.2) is 33.0 Å². The number of aryl methyl sites for hydroxylation is 1. The lowest BCUT2D eigenvalue weighted by Gasteiger charge is -2.15. The smallest absolute Gasteiger partial charge is 0.339 e. The molecular formula is C13H15N3O3. The van der Waals surface area contributed by atoms with Gasteiger partial charge in [0.05, 0.1) is 12.2 Å². The lowest BCUT2D eigenvalue weighted by molar-refractivity contribution is 0.0693. The molecule has 0 aromatic carbocycles. The van der Waals surface area contributed by atoms with Crippen LogP contribution in [0.5, 0.6) is 0 Å². The minimum atomic E-state index is -1.02. The van der Waals surface area contributed by atoms with E-state index in [-0.39, 0.29) is 5.56 Å². The fraction of sp³-hybridized carbons (Fsp3) is 0.308. The summed E-state index contributed by atoms with van der Waals surface area (Å²) in [5.74, 6) is 0.681. The van der Waals surface area contributed by atoms with Crippen molar-refractivity contribution in [1.82, 2.24) is 14.9 Å². The SMILES string of the molecule is Cc1ccc(CN(C)Cc2ncncc2C(=O)O)o1. The molecule has 0 atom stereocenters. The van der Waals surface area contributed by atoms with Gasteiger partial charge in [-0.05, 0) is 26.1 Å². The van der Waals surface area contributed by atoms with Crippen LogP contribution in [-0.2, 0) is 13.1 Å². The highest BCUT2D eigenvalue weighted by Gasteiger charge is 2.13. The first-order valence-electron chi connectivity index (χ1n) is 5.82. The number of carbonyl (C=O) groups is 1. The Bertz CT molecular complexity index is 580. The number of hydrogen-bond donors (Lipinski definition) is 1. The van der Waals surface area contributed by atoms with E-state index in [1.54, 1.807) is 0 Å². The first-order valence-corrected chi connectivity index (χ1v) is 5.82. The van der Waals surface area contributed by atoms with Gasteiger partial charge in [0.2, 0.25) is 0 Å². The van der Waals surface area contributed by atoms with E-state index >= 15 is 0 Å². The predicted octanol–water partition coefficient (Wildman–Crippen LogP) is 1.71. The second-order valence-electron chi connectivity index (χ2n) is 4.37. The Morgan fingerprint density at radius 2 is 2.21 bits per heavy atom. The summed E-state index contributed by atoms with van der Waals surface area (Å²) >= 11 is 0. The van der Waals surface area contributed by atoms with E-state index in [1.807, 2.05) is 31.0 Å². The van der Waals surface area contributed by atoms with Gasteiger partial charge in [-0.1, -0.05) is 0 Å². The first kappa shape index (κ1) is 13.2. The summed E-state index contributed by atoms with van der Waals surface area (Å²) < 4.78 is 5.48. The number of carboxylic acids is 1. The Balaban J connectivity index is 2.06. The maximum atomic E-state index is 11.0. The van der Waals surface area contributed by atoms with E-state index in [0.29, 0.717) is 18.8 Å². The van der Waals surface area contributed by atoms with Crippen LogP contribution in [0.3, 0.4) is 0 Å². The molecule has 2 rings (SSSR count). The van der Waals surface area contributed by atoms with Crippen LogP contribution in [0, 0.1) is 6.92 Å². The molecule has 2 aromatic rings. The number of hydrogen-bond acceptors (Lipinski definition) is 5. The molecule has 0 saturated heterocycles. The van der Waals surface area contributed by atoms with E-state index in [4.69, 9.17) is 9.52 Å². The highest BCUT2D eigenvalue weighted by molar-refractivity contribution is 5.88. The fourth-order valence-electron chi connectivity index (χ4n) is 1.81. The van der Waals surface area contributed by atoms with Gasteiger partial charge in [-0.2, -0.15) is 0 Å². The fourth-order valence-corrected chi connectivity index (χ4v) is 1.81. The van der Waals surface area contributed by atoms with Crippen molar-refractivity contribution >= 4 is 5.97 Å². The van der Waals surface area contributed by atoms with Gasteiger partial charge < -0.3 is 9.52 Å². The third-order valence-electron chi connectivity index (χ3n) is 2.67. The van der Waals surface area contributed by atoms with Crippen LogP contribution in [0.4, 0.5) is 0 Å². The molecule has 0 spiro atoms. The molecule has 19 heavy (non-hydrogen) atoms. The quantitative estimate of drug-likeness (QED) is 0.882. The molecule has 0 aliphatic carbocycles. The summed E-state index contributed by atoms with van der Waals surface area (Å²) in [5, 5.41) is 9.05. The molecule has 0 amide bonds. The molecular weight excluding hydrogens is 246 g/mol. The van der Waals surface area contributed by atoms with Gasteiger partial charge in [0.25, 0.3) is 0 Å². The third-order valence-corrected chi connectivity index (χ3v) is 2.67. The van der Waals surface area contributed by atoms with Crippen molar-refractivity contribution in [2.45, 2.75) is 20.0 Å². The van der Waals surface area contributed by atoms with E-state index in [0.717, 1.165) is 11.5 Å². The van der Waals surface area contributed by atoms with Crippen molar-refractivity contribution < 1.29 is 14.3 Å². The molecule has 2 aromatic heterocycles. The minimum absolute atomic E-state index is 0.130. The first-order chi connectivity index (χ1) is 9.06. The van der Waals surface area contributed by atoms with E-state index in [1.165, 1.54) is 12.5 Å². The summed E-state index contributed by atoms with van der Waals surface area (Å²) in [6.45, 7) is 2.90. The second kappa shape index (κ2) is 5.62. The molecule has 0 fully saturated rings. The van der Waals surface area contributed by atoms with Crippen molar-refractivity contribution in [2.24, 2.45) is 0 Å². The van der Waals surface area contributed by atoms with Crippen LogP contribution in [0.1, 0.15) is 27.6 Å². The summed E-state index contributed by atoms with van der Waals surface area (Å²) in [6.07, 6.45) is 2.67. The topological polar surface area (TPSA) is 79.5 Å². The molecule has 0 unspecified atom stereocenters.